The van der Waals surface area contributed by atoms with Crippen molar-refractivity contribution in [3.8, 4) is 0 Å². The standard InChI is InChI=1S/C18H26BrN3O3/c1-12-6-5-7-14(16(12)19)21-15(23)10-13-11-22(9-8-20-13)17(24)25-18(2,3)4/h5-7,13,20H,8-11H2,1-4H3,(H,21,23). The van der Waals surface area contributed by atoms with Crippen LogP contribution in [0.4, 0.5) is 10.5 Å². The molecule has 0 aliphatic carbocycles. The largest absolute Gasteiger partial charge is 0.444 e. The Morgan fingerprint density at radius 3 is 2.80 bits per heavy atom. The van der Waals surface area contributed by atoms with Gasteiger partial charge in [-0.2, -0.15) is 0 Å². The molecule has 1 heterocycles. The lowest BCUT2D eigenvalue weighted by Gasteiger charge is -2.34. The third-order valence-corrected chi connectivity index (χ3v) is 4.86. The van der Waals surface area contributed by atoms with Crippen molar-refractivity contribution < 1.29 is 14.3 Å². The molecule has 1 unspecified atom stereocenters. The van der Waals surface area contributed by atoms with Crippen LogP contribution in [0.25, 0.3) is 0 Å². The van der Waals surface area contributed by atoms with Crippen LogP contribution in [0.1, 0.15) is 32.8 Å². The number of piperazine rings is 1. The fraction of sp³-hybridized carbons (Fsp3) is 0.556. The Kier molecular flexibility index (Phi) is 6.46. The smallest absolute Gasteiger partial charge is 0.410 e. The van der Waals surface area contributed by atoms with Crippen molar-refractivity contribution in [1.82, 2.24) is 10.2 Å². The zero-order valence-corrected chi connectivity index (χ0v) is 16.8. The number of carbonyl (C=O) groups is 2. The summed E-state index contributed by atoms with van der Waals surface area (Å²) in [5.41, 5.74) is 1.29. The van der Waals surface area contributed by atoms with Gasteiger partial charge < -0.3 is 20.3 Å². The molecule has 0 bridgehead atoms. The first-order valence-electron chi connectivity index (χ1n) is 8.42. The van der Waals surface area contributed by atoms with Crippen molar-refractivity contribution in [1.29, 1.82) is 0 Å². The van der Waals surface area contributed by atoms with Gasteiger partial charge in [0, 0.05) is 36.6 Å². The highest BCUT2D eigenvalue weighted by atomic mass is 79.9. The number of amides is 2. The zero-order chi connectivity index (χ0) is 18.6. The van der Waals surface area contributed by atoms with Gasteiger partial charge in [-0.25, -0.2) is 4.79 Å². The molecule has 1 aliphatic heterocycles. The third kappa shape index (κ3) is 6.01. The molecule has 1 fully saturated rings. The maximum atomic E-state index is 12.3. The molecule has 1 aliphatic rings. The summed E-state index contributed by atoms with van der Waals surface area (Å²) in [6.45, 7) is 9.19. The van der Waals surface area contributed by atoms with Gasteiger partial charge in [0.1, 0.15) is 5.60 Å². The number of halogens is 1. The Hall–Kier alpha value is -1.60. The summed E-state index contributed by atoms with van der Waals surface area (Å²) in [4.78, 5) is 26.2. The van der Waals surface area contributed by atoms with E-state index in [0.717, 1.165) is 15.7 Å². The predicted octanol–water partition coefficient (Wildman–Crippen LogP) is 3.30. The Morgan fingerprint density at radius 1 is 1.40 bits per heavy atom. The van der Waals surface area contributed by atoms with Crippen molar-refractivity contribution in [2.45, 2.75) is 45.8 Å². The number of nitrogens with one attached hydrogen (secondary N) is 2. The molecule has 2 rings (SSSR count). The fourth-order valence-electron chi connectivity index (χ4n) is 2.62. The highest BCUT2D eigenvalue weighted by molar-refractivity contribution is 9.10. The van der Waals surface area contributed by atoms with E-state index in [1.54, 1.807) is 4.90 Å². The minimum atomic E-state index is -0.522. The van der Waals surface area contributed by atoms with E-state index < -0.39 is 5.60 Å². The average molecular weight is 412 g/mol. The molecule has 7 heteroatoms. The quantitative estimate of drug-likeness (QED) is 0.800. The molecule has 1 atom stereocenters. The summed E-state index contributed by atoms with van der Waals surface area (Å²) in [5.74, 6) is -0.0881. The number of hydrogen-bond donors (Lipinski definition) is 2. The summed E-state index contributed by atoms with van der Waals surface area (Å²) in [7, 11) is 0. The van der Waals surface area contributed by atoms with E-state index >= 15 is 0 Å². The molecule has 1 aromatic rings. The third-order valence-electron chi connectivity index (χ3n) is 3.80. The van der Waals surface area contributed by atoms with Gasteiger partial charge in [-0.05, 0) is 55.3 Å². The van der Waals surface area contributed by atoms with E-state index in [-0.39, 0.29) is 18.0 Å². The Balaban J connectivity index is 1.90. The Labute approximate surface area is 157 Å². The molecular formula is C18H26BrN3O3. The minimum absolute atomic E-state index is 0.0881. The van der Waals surface area contributed by atoms with Crippen LogP contribution in [-0.4, -0.2) is 48.2 Å². The van der Waals surface area contributed by atoms with E-state index in [0.29, 0.717) is 26.1 Å². The number of hydrogen-bond acceptors (Lipinski definition) is 4. The minimum Gasteiger partial charge on any atom is -0.444 e. The summed E-state index contributed by atoms with van der Waals surface area (Å²) in [6.07, 6.45) is -0.0412. The molecule has 6 nitrogen and oxygen atoms in total. The first-order chi connectivity index (χ1) is 11.7. The summed E-state index contributed by atoms with van der Waals surface area (Å²) >= 11 is 3.49. The van der Waals surface area contributed by atoms with E-state index in [4.69, 9.17) is 4.74 Å². The molecule has 0 saturated carbocycles. The van der Waals surface area contributed by atoms with E-state index in [2.05, 4.69) is 26.6 Å². The van der Waals surface area contributed by atoms with E-state index in [9.17, 15) is 9.59 Å². The van der Waals surface area contributed by atoms with Gasteiger partial charge in [-0.15, -0.1) is 0 Å². The molecule has 0 radical (unpaired) electrons. The van der Waals surface area contributed by atoms with Crippen LogP contribution in [0.2, 0.25) is 0 Å². The predicted molar refractivity (Wildman–Crippen MR) is 102 cm³/mol. The highest BCUT2D eigenvalue weighted by Gasteiger charge is 2.28. The highest BCUT2D eigenvalue weighted by Crippen LogP contribution is 2.26. The topological polar surface area (TPSA) is 70.7 Å². The van der Waals surface area contributed by atoms with Crippen LogP contribution < -0.4 is 10.6 Å². The van der Waals surface area contributed by atoms with Crippen LogP contribution in [0, 0.1) is 6.92 Å². The van der Waals surface area contributed by atoms with E-state index in [1.807, 2.05) is 45.9 Å². The zero-order valence-electron chi connectivity index (χ0n) is 15.2. The lowest BCUT2D eigenvalue weighted by Crippen LogP contribution is -2.54. The van der Waals surface area contributed by atoms with Gasteiger partial charge in [0.2, 0.25) is 5.91 Å². The Morgan fingerprint density at radius 2 is 2.12 bits per heavy atom. The number of aryl methyl sites for hydroxylation is 1. The van der Waals surface area contributed by atoms with Crippen LogP contribution in [0.15, 0.2) is 22.7 Å². The lowest BCUT2D eigenvalue weighted by atomic mass is 10.1. The average Bonchev–Trinajstić information content (AvgIpc) is 2.50. The van der Waals surface area contributed by atoms with Crippen molar-refractivity contribution in [2.24, 2.45) is 0 Å². The number of nitrogens with zero attached hydrogens (tertiary/aromatic N) is 1. The van der Waals surface area contributed by atoms with Gasteiger partial charge >= 0.3 is 6.09 Å². The molecule has 0 spiro atoms. The van der Waals surface area contributed by atoms with Gasteiger partial charge in [0.25, 0.3) is 0 Å². The summed E-state index contributed by atoms with van der Waals surface area (Å²) in [6, 6.07) is 5.64. The maximum Gasteiger partial charge on any atom is 0.410 e. The number of benzene rings is 1. The van der Waals surface area contributed by atoms with Crippen molar-refractivity contribution in [3.05, 3.63) is 28.2 Å². The molecule has 138 valence electrons. The summed E-state index contributed by atoms with van der Waals surface area (Å²) in [5, 5.41) is 6.21. The SMILES string of the molecule is Cc1cccc(NC(=O)CC2CN(C(=O)OC(C)(C)C)CCN2)c1Br. The van der Waals surface area contributed by atoms with Crippen molar-refractivity contribution in [3.63, 3.8) is 0 Å². The van der Waals surface area contributed by atoms with E-state index in [1.165, 1.54) is 0 Å². The monoisotopic (exact) mass is 411 g/mol. The van der Waals surface area contributed by atoms with Gasteiger partial charge in [0.05, 0.1) is 5.69 Å². The number of ether oxygens (including phenoxy) is 1. The van der Waals surface area contributed by atoms with Crippen LogP contribution in [0.5, 0.6) is 0 Å². The van der Waals surface area contributed by atoms with Gasteiger partial charge in [-0.3, -0.25) is 4.79 Å². The Bertz CT molecular complexity index is 643. The van der Waals surface area contributed by atoms with Crippen LogP contribution >= 0.6 is 15.9 Å². The number of anilines is 1. The molecule has 2 N–H and O–H groups in total. The molecule has 1 saturated heterocycles. The first kappa shape index (κ1) is 19.7. The second-order valence-electron chi connectivity index (χ2n) is 7.27. The molecule has 0 aromatic heterocycles. The maximum absolute atomic E-state index is 12.3. The molecule has 2 amide bonds. The lowest BCUT2D eigenvalue weighted by molar-refractivity contribution is -0.117. The normalized spacial score (nSPS) is 18.0. The number of rotatable bonds is 3. The second-order valence-corrected chi connectivity index (χ2v) is 8.06. The molecule has 1 aromatic carbocycles. The molecule has 25 heavy (non-hydrogen) atoms. The first-order valence-corrected chi connectivity index (χ1v) is 9.21. The van der Waals surface area contributed by atoms with Crippen molar-refractivity contribution >= 4 is 33.6 Å². The molecular weight excluding hydrogens is 386 g/mol. The van der Waals surface area contributed by atoms with Crippen molar-refractivity contribution in [2.75, 3.05) is 25.0 Å². The van der Waals surface area contributed by atoms with Gasteiger partial charge in [0.15, 0.2) is 0 Å². The fourth-order valence-corrected chi connectivity index (χ4v) is 2.99. The van der Waals surface area contributed by atoms with Crippen LogP contribution in [-0.2, 0) is 9.53 Å². The summed E-state index contributed by atoms with van der Waals surface area (Å²) < 4.78 is 6.29. The van der Waals surface area contributed by atoms with Crippen LogP contribution in [0.3, 0.4) is 0 Å². The van der Waals surface area contributed by atoms with Gasteiger partial charge in [-0.1, -0.05) is 12.1 Å². The number of carbonyl (C=O) groups excluding carboxylic acids is 2. The second kappa shape index (κ2) is 8.19.